The molecule has 2 rings (SSSR count). The minimum atomic E-state index is 0.203. The van der Waals surface area contributed by atoms with E-state index in [-0.39, 0.29) is 17.5 Å². The van der Waals surface area contributed by atoms with Crippen LogP contribution in [0.3, 0.4) is 0 Å². The standard InChI is InChI=1S/C19H27NS/c1-6-11-19(4,5)17-14(3)16(12-21)20-18(17)15-9-7-13(2)8-10-15/h7-10,12,16,18,20H,6,11H2,1-5H3. The Morgan fingerprint density at radius 2 is 1.81 bits per heavy atom. The Bertz CT molecular complexity index is 539. The molecule has 0 saturated heterocycles. The van der Waals surface area contributed by atoms with Crippen LogP contribution in [0.5, 0.6) is 0 Å². The molecule has 21 heavy (non-hydrogen) atoms. The van der Waals surface area contributed by atoms with Gasteiger partial charge in [0.2, 0.25) is 0 Å². The van der Waals surface area contributed by atoms with Crippen molar-refractivity contribution >= 4 is 17.6 Å². The minimum absolute atomic E-state index is 0.203. The van der Waals surface area contributed by atoms with E-state index in [1.54, 1.807) is 0 Å². The van der Waals surface area contributed by atoms with Gasteiger partial charge in [-0.15, -0.1) is 0 Å². The lowest BCUT2D eigenvalue weighted by atomic mass is 9.74. The van der Waals surface area contributed by atoms with E-state index < -0.39 is 0 Å². The summed E-state index contributed by atoms with van der Waals surface area (Å²) in [5, 5.41) is 5.57. The Balaban J connectivity index is 2.45. The molecule has 0 saturated carbocycles. The van der Waals surface area contributed by atoms with Crippen LogP contribution in [0.15, 0.2) is 35.4 Å². The predicted octanol–water partition coefficient (Wildman–Crippen LogP) is 5.15. The molecule has 114 valence electrons. The monoisotopic (exact) mass is 301 g/mol. The summed E-state index contributed by atoms with van der Waals surface area (Å²) in [5.41, 5.74) is 5.79. The molecule has 0 aromatic heterocycles. The Morgan fingerprint density at radius 1 is 1.19 bits per heavy atom. The van der Waals surface area contributed by atoms with Gasteiger partial charge in [-0.05, 0) is 36.8 Å². The Kier molecular flexibility index (Phi) is 5.00. The van der Waals surface area contributed by atoms with E-state index >= 15 is 0 Å². The lowest BCUT2D eigenvalue weighted by Gasteiger charge is -2.32. The van der Waals surface area contributed by atoms with E-state index in [9.17, 15) is 0 Å². The van der Waals surface area contributed by atoms with E-state index in [2.05, 4.69) is 64.2 Å². The number of thiocarbonyl (C=S) groups is 1. The molecule has 1 aromatic carbocycles. The summed E-state index contributed by atoms with van der Waals surface area (Å²) in [6.45, 7) is 11.4. The molecule has 1 aromatic rings. The summed E-state index contributed by atoms with van der Waals surface area (Å²) < 4.78 is 0. The first-order valence-corrected chi connectivity index (χ1v) is 8.37. The summed E-state index contributed by atoms with van der Waals surface area (Å²) >= 11 is 5.23. The zero-order valence-electron chi connectivity index (χ0n) is 13.9. The van der Waals surface area contributed by atoms with Crippen molar-refractivity contribution in [3.8, 4) is 0 Å². The number of rotatable bonds is 5. The highest BCUT2D eigenvalue weighted by Gasteiger charge is 2.38. The first-order chi connectivity index (χ1) is 9.90. The van der Waals surface area contributed by atoms with Crippen LogP contribution in [0.25, 0.3) is 0 Å². The molecule has 1 nitrogen and oxygen atoms in total. The molecule has 0 spiro atoms. The van der Waals surface area contributed by atoms with Gasteiger partial charge >= 0.3 is 0 Å². The lowest BCUT2D eigenvalue weighted by Crippen LogP contribution is -2.29. The van der Waals surface area contributed by atoms with Crippen molar-refractivity contribution in [2.45, 2.75) is 59.5 Å². The van der Waals surface area contributed by atoms with Crippen molar-refractivity contribution in [1.29, 1.82) is 0 Å². The summed E-state index contributed by atoms with van der Waals surface area (Å²) in [4.78, 5) is 0. The molecule has 2 atom stereocenters. The topological polar surface area (TPSA) is 12.0 Å². The molecular weight excluding hydrogens is 274 g/mol. The molecule has 1 heterocycles. The molecule has 1 aliphatic rings. The van der Waals surface area contributed by atoms with Crippen molar-refractivity contribution in [1.82, 2.24) is 5.32 Å². The fraction of sp³-hybridized carbons (Fsp3) is 0.526. The minimum Gasteiger partial charge on any atom is -0.296 e. The first kappa shape index (κ1) is 16.4. The Labute approximate surface area is 134 Å². The molecule has 0 aliphatic carbocycles. The molecule has 0 bridgehead atoms. The third-order valence-electron chi connectivity index (χ3n) is 4.68. The first-order valence-electron chi connectivity index (χ1n) is 7.89. The number of hydrogen-bond acceptors (Lipinski definition) is 2. The van der Waals surface area contributed by atoms with Crippen LogP contribution < -0.4 is 5.32 Å². The van der Waals surface area contributed by atoms with Crippen molar-refractivity contribution in [3.63, 3.8) is 0 Å². The third-order valence-corrected chi connectivity index (χ3v) is 4.95. The van der Waals surface area contributed by atoms with Crippen LogP contribution in [0.2, 0.25) is 0 Å². The summed E-state index contributed by atoms with van der Waals surface area (Å²) in [7, 11) is 0. The van der Waals surface area contributed by atoms with E-state index in [4.69, 9.17) is 12.2 Å². The van der Waals surface area contributed by atoms with Gasteiger partial charge in [-0.1, -0.05) is 74.8 Å². The average Bonchev–Trinajstić information content (AvgIpc) is 2.77. The number of benzene rings is 1. The SMILES string of the molecule is CCCC(C)(C)C1=C(C)C(C=S)NC1c1ccc(C)cc1. The zero-order valence-corrected chi connectivity index (χ0v) is 14.7. The van der Waals surface area contributed by atoms with Gasteiger partial charge in [-0.3, -0.25) is 5.32 Å². The van der Waals surface area contributed by atoms with Gasteiger partial charge < -0.3 is 0 Å². The number of nitrogens with one attached hydrogen (secondary N) is 1. The van der Waals surface area contributed by atoms with Gasteiger partial charge in [0.05, 0.1) is 12.1 Å². The zero-order chi connectivity index (χ0) is 15.6. The van der Waals surface area contributed by atoms with Gasteiger partial charge in [0, 0.05) is 5.37 Å². The second kappa shape index (κ2) is 6.41. The highest BCUT2D eigenvalue weighted by atomic mass is 32.1. The number of hydrogen-bond donors (Lipinski definition) is 1. The highest BCUT2D eigenvalue weighted by molar-refractivity contribution is 7.79. The molecular formula is C19H27NS. The molecule has 0 radical (unpaired) electrons. The Hall–Kier alpha value is -0.990. The average molecular weight is 301 g/mol. The fourth-order valence-electron chi connectivity index (χ4n) is 3.63. The van der Waals surface area contributed by atoms with E-state index in [0.717, 1.165) is 0 Å². The van der Waals surface area contributed by atoms with Crippen LogP contribution in [0.1, 0.15) is 57.7 Å². The quantitative estimate of drug-likeness (QED) is 0.596. The molecule has 0 amide bonds. The van der Waals surface area contributed by atoms with Crippen molar-refractivity contribution < 1.29 is 0 Å². The van der Waals surface area contributed by atoms with Gasteiger partial charge in [-0.25, -0.2) is 0 Å². The van der Waals surface area contributed by atoms with Crippen LogP contribution in [-0.2, 0) is 0 Å². The molecule has 2 heteroatoms. The normalized spacial score (nSPS) is 22.7. The largest absolute Gasteiger partial charge is 0.296 e. The maximum Gasteiger partial charge on any atom is 0.0577 e. The fourth-order valence-corrected chi connectivity index (χ4v) is 3.91. The van der Waals surface area contributed by atoms with Crippen LogP contribution >= 0.6 is 12.2 Å². The van der Waals surface area contributed by atoms with Gasteiger partial charge in [0.1, 0.15) is 0 Å². The molecule has 2 unspecified atom stereocenters. The molecule has 1 N–H and O–H groups in total. The van der Waals surface area contributed by atoms with Crippen molar-refractivity contribution in [3.05, 3.63) is 46.5 Å². The van der Waals surface area contributed by atoms with Crippen molar-refractivity contribution in [2.75, 3.05) is 0 Å². The third kappa shape index (κ3) is 3.27. The maximum atomic E-state index is 5.23. The van der Waals surface area contributed by atoms with Gasteiger partial charge in [0.15, 0.2) is 0 Å². The summed E-state index contributed by atoms with van der Waals surface area (Å²) in [6.07, 6.45) is 2.40. The second-order valence-corrected chi connectivity index (χ2v) is 7.13. The second-order valence-electron chi connectivity index (χ2n) is 6.85. The maximum absolute atomic E-state index is 5.23. The highest BCUT2D eigenvalue weighted by Crippen LogP contribution is 2.45. The van der Waals surface area contributed by atoms with Gasteiger partial charge in [-0.2, -0.15) is 0 Å². The summed E-state index contributed by atoms with van der Waals surface area (Å²) in [6, 6.07) is 9.39. The van der Waals surface area contributed by atoms with E-state index in [0.29, 0.717) is 0 Å². The lowest BCUT2D eigenvalue weighted by molar-refractivity contribution is 0.374. The van der Waals surface area contributed by atoms with E-state index in [1.165, 1.54) is 35.1 Å². The molecule has 0 fully saturated rings. The number of aryl methyl sites for hydroxylation is 1. The van der Waals surface area contributed by atoms with Crippen LogP contribution in [-0.4, -0.2) is 11.4 Å². The Morgan fingerprint density at radius 3 is 2.33 bits per heavy atom. The smallest absolute Gasteiger partial charge is 0.0577 e. The van der Waals surface area contributed by atoms with Crippen molar-refractivity contribution in [2.24, 2.45) is 5.41 Å². The summed E-state index contributed by atoms with van der Waals surface area (Å²) in [5.74, 6) is 0. The molecule has 1 aliphatic heterocycles. The van der Waals surface area contributed by atoms with E-state index in [1.807, 2.05) is 5.37 Å². The van der Waals surface area contributed by atoms with Crippen LogP contribution in [0, 0.1) is 12.3 Å². The van der Waals surface area contributed by atoms with Crippen LogP contribution in [0.4, 0.5) is 0 Å². The van der Waals surface area contributed by atoms with Gasteiger partial charge in [0.25, 0.3) is 0 Å². The predicted molar refractivity (Wildman–Crippen MR) is 95.9 cm³/mol.